The number of hydrogen-bond donors (Lipinski definition) is 1. The summed E-state index contributed by atoms with van der Waals surface area (Å²) in [6, 6.07) is 3.14. The number of ketones is 1. The van der Waals surface area contributed by atoms with E-state index in [4.69, 9.17) is 0 Å². The van der Waals surface area contributed by atoms with Gasteiger partial charge in [-0.05, 0) is 34.5 Å². The number of Topliss-reactive ketones (excluding diaryl/α,β-unsaturated/α-hetero) is 1. The highest BCUT2D eigenvalue weighted by Gasteiger charge is 2.33. The Bertz CT molecular complexity index is 529. The predicted octanol–water partition coefficient (Wildman–Crippen LogP) is 1.43. The first-order chi connectivity index (χ1) is 9.01. The van der Waals surface area contributed by atoms with Crippen molar-refractivity contribution in [1.29, 1.82) is 0 Å². The van der Waals surface area contributed by atoms with Gasteiger partial charge >= 0.3 is 0 Å². The molecule has 0 aromatic carbocycles. The lowest BCUT2D eigenvalue weighted by Crippen LogP contribution is -2.58. The average molecular weight is 345 g/mol. The summed E-state index contributed by atoms with van der Waals surface area (Å²) in [5, 5.41) is 2.29. The zero-order valence-electron chi connectivity index (χ0n) is 10.3. The minimum Gasteiger partial charge on any atom is -0.294 e. The van der Waals surface area contributed by atoms with E-state index in [2.05, 4.69) is 21.2 Å². The largest absolute Gasteiger partial charge is 0.294 e. The summed E-state index contributed by atoms with van der Waals surface area (Å²) in [6.07, 6.45) is 0.570. The summed E-state index contributed by atoms with van der Waals surface area (Å²) >= 11 is 4.65. The number of halogens is 1. The van der Waals surface area contributed by atoms with E-state index in [9.17, 15) is 14.4 Å². The van der Waals surface area contributed by atoms with Gasteiger partial charge in [0, 0.05) is 0 Å². The van der Waals surface area contributed by atoms with Crippen molar-refractivity contribution in [3.63, 3.8) is 0 Å². The molecule has 1 aromatic rings. The molecule has 0 radical (unpaired) electrons. The number of nitrogens with one attached hydrogen (secondary N) is 1. The van der Waals surface area contributed by atoms with Gasteiger partial charge in [0.25, 0.3) is 0 Å². The first kappa shape index (κ1) is 14.4. The molecular formula is C12H13BrN2O3S. The first-order valence-corrected chi connectivity index (χ1v) is 7.48. The van der Waals surface area contributed by atoms with Gasteiger partial charge in [0.05, 0.1) is 27.8 Å². The zero-order valence-corrected chi connectivity index (χ0v) is 12.7. The minimum atomic E-state index is -0.412. The second kappa shape index (κ2) is 5.94. The number of rotatable bonds is 4. The van der Waals surface area contributed by atoms with E-state index in [1.54, 1.807) is 11.0 Å². The van der Waals surface area contributed by atoms with Crippen LogP contribution >= 0.6 is 27.3 Å². The molecule has 1 N–H and O–H groups in total. The molecule has 7 heteroatoms. The Labute approximate surface area is 123 Å². The summed E-state index contributed by atoms with van der Waals surface area (Å²) in [5.41, 5.74) is 0. The van der Waals surface area contributed by atoms with Crippen LogP contribution in [-0.2, 0) is 9.59 Å². The summed E-state index contributed by atoms with van der Waals surface area (Å²) in [4.78, 5) is 37.4. The van der Waals surface area contributed by atoms with Crippen molar-refractivity contribution in [3.05, 3.63) is 20.8 Å². The number of thiophene rings is 1. The monoisotopic (exact) mass is 344 g/mol. The zero-order chi connectivity index (χ0) is 14.0. The second-order valence-corrected chi connectivity index (χ2v) is 6.73. The number of hydrogen-bond acceptors (Lipinski definition) is 5. The predicted molar refractivity (Wildman–Crippen MR) is 75.2 cm³/mol. The molecule has 0 bridgehead atoms. The molecule has 0 aliphatic carbocycles. The lowest BCUT2D eigenvalue weighted by molar-refractivity contribution is -0.139. The molecule has 2 amide bonds. The molecule has 5 nitrogen and oxygen atoms in total. The minimum absolute atomic E-state index is 0.0725. The molecule has 1 aliphatic rings. The third-order valence-corrected chi connectivity index (χ3v) is 4.60. The fourth-order valence-electron chi connectivity index (χ4n) is 2.06. The Morgan fingerprint density at radius 2 is 2.26 bits per heavy atom. The van der Waals surface area contributed by atoms with Gasteiger partial charge in [-0.15, -0.1) is 11.3 Å². The highest BCUT2D eigenvalue weighted by atomic mass is 79.9. The van der Waals surface area contributed by atoms with E-state index in [-0.39, 0.29) is 30.7 Å². The molecule has 1 aromatic heterocycles. The summed E-state index contributed by atoms with van der Waals surface area (Å²) in [6.45, 7) is 2.03. The number of nitrogens with zero attached hydrogens (tertiary/aromatic N) is 1. The fraction of sp³-hybridized carbons (Fsp3) is 0.417. The van der Waals surface area contributed by atoms with E-state index < -0.39 is 6.04 Å². The van der Waals surface area contributed by atoms with E-state index in [0.29, 0.717) is 11.3 Å². The third kappa shape index (κ3) is 3.29. The number of imide groups is 1. The summed E-state index contributed by atoms with van der Waals surface area (Å²) in [7, 11) is 0. The molecule has 1 saturated heterocycles. The van der Waals surface area contributed by atoms with Gasteiger partial charge in [0.15, 0.2) is 5.78 Å². The van der Waals surface area contributed by atoms with Crippen LogP contribution in [0.4, 0.5) is 0 Å². The van der Waals surface area contributed by atoms with Crippen LogP contribution in [0.25, 0.3) is 0 Å². The molecule has 1 fully saturated rings. The third-order valence-electron chi connectivity index (χ3n) is 2.93. The maximum absolute atomic E-state index is 12.1. The van der Waals surface area contributed by atoms with Crippen molar-refractivity contribution in [2.24, 2.45) is 0 Å². The lowest BCUT2D eigenvalue weighted by Gasteiger charge is -2.32. The smallest absolute Gasteiger partial charge is 0.243 e. The Morgan fingerprint density at radius 3 is 2.84 bits per heavy atom. The van der Waals surface area contributed by atoms with Crippen molar-refractivity contribution < 1.29 is 14.4 Å². The highest BCUT2D eigenvalue weighted by molar-refractivity contribution is 9.11. The molecule has 1 unspecified atom stereocenters. The van der Waals surface area contributed by atoms with Crippen molar-refractivity contribution >= 4 is 44.9 Å². The van der Waals surface area contributed by atoms with Crippen LogP contribution in [-0.4, -0.2) is 41.6 Å². The van der Waals surface area contributed by atoms with Crippen molar-refractivity contribution in [2.75, 3.05) is 13.1 Å². The van der Waals surface area contributed by atoms with Crippen LogP contribution in [0.2, 0.25) is 0 Å². The van der Waals surface area contributed by atoms with Gasteiger partial charge in [-0.2, -0.15) is 0 Å². The first-order valence-electron chi connectivity index (χ1n) is 5.87. The quantitative estimate of drug-likeness (QED) is 0.662. The van der Waals surface area contributed by atoms with E-state index >= 15 is 0 Å². The summed E-state index contributed by atoms with van der Waals surface area (Å²) < 4.78 is 0.885. The maximum atomic E-state index is 12.1. The Kier molecular flexibility index (Phi) is 4.49. The number of amides is 2. The molecule has 19 heavy (non-hydrogen) atoms. The van der Waals surface area contributed by atoms with Crippen LogP contribution in [0.3, 0.4) is 0 Å². The van der Waals surface area contributed by atoms with Crippen molar-refractivity contribution in [1.82, 2.24) is 10.2 Å². The van der Waals surface area contributed by atoms with Gasteiger partial charge < -0.3 is 0 Å². The van der Waals surface area contributed by atoms with Crippen molar-refractivity contribution in [3.8, 4) is 0 Å². The molecule has 2 rings (SSSR count). The fourth-order valence-corrected chi connectivity index (χ4v) is 3.37. The standard InChI is InChI=1S/C12H13BrN2O3S/c1-2-7-12(18)14-11(17)6-15(7)5-8(16)9-3-4-10(13)19-9/h3-4,7H,2,5-6H2,1H3,(H,14,17,18). The molecule has 0 saturated carbocycles. The van der Waals surface area contributed by atoms with Crippen LogP contribution < -0.4 is 5.32 Å². The number of carbonyl (C=O) groups is 3. The maximum Gasteiger partial charge on any atom is 0.243 e. The van der Waals surface area contributed by atoms with E-state index in [0.717, 1.165) is 3.79 Å². The SMILES string of the molecule is CCC1C(=O)NC(=O)CN1CC(=O)c1ccc(Br)s1. The lowest BCUT2D eigenvalue weighted by atomic mass is 10.1. The molecular weight excluding hydrogens is 332 g/mol. The Balaban J connectivity index is 2.09. The van der Waals surface area contributed by atoms with Crippen LogP contribution in [0, 0.1) is 0 Å². The van der Waals surface area contributed by atoms with Gasteiger partial charge in [-0.1, -0.05) is 6.92 Å². The molecule has 0 spiro atoms. The van der Waals surface area contributed by atoms with E-state index in [1.165, 1.54) is 11.3 Å². The van der Waals surface area contributed by atoms with Gasteiger partial charge in [0.2, 0.25) is 11.8 Å². The number of carbonyl (C=O) groups excluding carboxylic acids is 3. The molecule has 102 valence electrons. The summed E-state index contributed by atoms with van der Waals surface area (Å²) in [5.74, 6) is -0.745. The van der Waals surface area contributed by atoms with Crippen LogP contribution in [0.1, 0.15) is 23.0 Å². The number of piperazine rings is 1. The topological polar surface area (TPSA) is 66.5 Å². The Hall–Kier alpha value is -1.05. The van der Waals surface area contributed by atoms with Crippen molar-refractivity contribution in [2.45, 2.75) is 19.4 Å². The average Bonchev–Trinajstić information content (AvgIpc) is 2.75. The van der Waals surface area contributed by atoms with E-state index in [1.807, 2.05) is 13.0 Å². The van der Waals surface area contributed by atoms with Crippen LogP contribution in [0.15, 0.2) is 15.9 Å². The molecule has 2 heterocycles. The van der Waals surface area contributed by atoms with Gasteiger partial charge in [-0.25, -0.2) is 0 Å². The molecule has 1 aliphatic heterocycles. The highest BCUT2D eigenvalue weighted by Crippen LogP contribution is 2.23. The molecule has 1 atom stereocenters. The van der Waals surface area contributed by atoms with Gasteiger partial charge in [0.1, 0.15) is 0 Å². The Morgan fingerprint density at radius 1 is 1.53 bits per heavy atom. The van der Waals surface area contributed by atoms with Gasteiger partial charge in [-0.3, -0.25) is 24.6 Å². The normalized spacial score (nSPS) is 20.4. The van der Waals surface area contributed by atoms with Crippen LogP contribution in [0.5, 0.6) is 0 Å². The second-order valence-electron chi connectivity index (χ2n) is 4.27.